The second-order valence-corrected chi connectivity index (χ2v) is 10.8. The first-order valence-corrected chi connectivity index (χ1v) is 12.3. The molecule has 1 amide bonds. The first-order valence-electron chi connectivity index (χ1n) is 9.98. The van der Waals surface area contributed by atoms with Gasteiger partial charge >= 0.3 is 0 Å². The molecule has 7 nitrogen and oxygen atoms in total. The number of rotatable bonds is 7. The molecule has 1 unspecified atom stereocenters. The molecule has 9 heteroatoms. The van der Waals surface area contributed by atoms with Crippen LogP contribution in [0.5, 0.6) is 0 Å². The molecular weight excluding hydrogens is 398 g/mol. The second kappa shape index (κ2) is 9.67. The van der Waals surface area contributed by atoms with Gasteiger partial charge in [-0.25, -0.2) is 8.42 Å². The summed E-state index contributed by atoms with van der Waals surface area (Å²) in [5.41, 5.74) is 0. The fraction of sp³-hybridized carbons (Fsp3) is 0.737. The monoisotopic (exact) mass is 429 g/mol. The third-order valence-electron chi connectivity index (χ3n) is 5.80. The fourth-order valence-corrected chi connectivity index (χ4v) is 6.49. The van der Waals surface area contributed by atoms with E-state index in [2.05, 4.69) is 4.90 Å². The van der Waals surface area contributed by atoms with Crippen LogP contribution in [0.25, 0.3) is 0 Å². The number of amides is 1. The van der Waals surface area contributed by atoms with Gasteiger partial charge in [-0.3, -0.25) is 9.69 Å². The van der Waals surface area contributed by atoms with Gasteiger partial charge in [0.05, 0.1) is 0 Å². The van der Waals surface area contributed by atoms with Gasteiger partial charge in [-0.05, 0) is 37.1 Å². The van der Waals surface area contributed by atoms with Crippen LogP contribution in [0, 0.1) is 0 Å². The minimum absolute atomic E-state index is 0.119. The van der Waals surface area contributed by atoms with E-state index in [1.165, 1.54) is 15.6 Å². The number of sulfonamides is 1. The molecule has 1 atom stereocenters. The van der Waals surface area contributed by atoms with Crippen LogP contribution in [0.3, 0.4) is 0 Å². The predicted molar refractivity (Wildman–Crippen MR) is 110 cm³/mol. The van der Waals surface area contributed by atoms with Crippen LogP contribution >= 0.6 is 11.3 Å². The third kappa shape index (κ3) is 5.13. The van der Waals surface area contributed by atoms with E-state index in [0.29, 0.717) is 23.3 Å². The standard InChI is InChI=1S/C19H31N3O4S2/c1-16(23)21-9-3-5-18(15-21)22(17-7-12-26-13-8-17)11-10-20(2)28(24,25)19-6-4-14-27-19/h4,6,14,17-18H,3,5,7-13,15H2,1-2H3. The summed E-state index contributed by atoms with van der Waals surface area (Å²) in [6.45, 7) is 5.77. The number of hydrogen-bond acceptors (Lipinski definition) is 6. The molecule has 0 aliphatic carbocycles. The summed E-state index contributed by atoms with van der Waals surface area (Å²) < 4.78 is 32.9. The molecule has 1 aromatic rings. The minimum atomic E-state index is -3.44. The number of carbonyl (C=O) groups excluding carboxylic acids is 1. The van der Waals surface area contributed by atoms with Gasteiger partial charge in [0.15, 0.2) is 0 Å². The molecule has 0 saturated carbocycles. The Balaban J connectivity index is 1.69. The van der Waals surface area contributed by atoms with Crippen LogP contribution in [0.1, 0.15) is 32.6 Å². The maximum Gasteiger partial charge on any atom is 0.252 e. The number of nitrogens with zero attached hydrogens (tertiary/aromatic N) is 3. The fourth-order valence-electron chi connectivity index (χ4n) is 4.13. The van der Waals surface area contributed by atoms with E-state index in [9.17, 15) is 13.2 Å². The average molecular weight is 430 g/mol. The highest BCUT2D eigenvalue weighted by Crippen LogP contribution is 2.24. The Morgan fingerprint density at radius 2 is 2.00 bits per heavy atom. The summed E-state index contributed by atoms with van der Waals surface area (Å²) in [6, 6.07) is 4.07. The van der Waals surface area contributed by atoms with Gasteiger partial charge in [0, 0.05) is 65.4 Å². The number of carbonyl (C=O) groups is 1. The quantitative estimate of drug-likeness (QED) is 0.662. The molecule has 2 fully saturated rings. The summed E-state index contributed by atoms with van der Waals surface area (Å²) in [7, 11) is -1.79. The van der Waals surface area contributed by atoms with Crippen molar-refractivity contribution in [3.05, 3.63) is 17.5 Å². The second-order valence-electron chi connectivity index (χ2n) is 7.60. The lowest BCUT2D eigenvalue weighted by Gasteiger charge is -2.44. The molecule has 0 radical (unpaired) electrons. The maximum atomic E-state index is 12.7. The van der Waals surface area contributed by atoms with E-state index in [4.69, 9.17) is 4.74 Å². The van der Waals surface area contributed by atoms with Crippen molar-refractivity contribution in [2.24, 2.45) is 0 Å². The van der Waals surface area contributed by atoms with E-state index in [1.807, 2.05) is 4.90 Å². The lowest BCUT2D eigenvalue weighted by atomic mass is 9.98. The predicted octanol–water partition coefficient (Wildman–Crippen LogP) is 1.86. The summed E-state index contributed by atoms with van der Waals surface area (Å²) in [5.74, 6) is 0.119. The molecule has 2 saturated heterocycles. The highest BCUT2D eigenvalue weighted by molar-refractivity contribution is 7.91. The van der Waals surface area contributed by atoms with Gasteiger partial charge in [-0.2, -0.15) is 4.31 Å². The number of likely N-dealkylation sites (N-methyl/N-ethyl adjacent to an activating group) is 1. The van der Waals surface area contributed by atoms with Crippen molar-refractivity contribution < 1.29 is 17.9 Å². The maximum absolute atomic E-state index is 12.7. The highest BCUT2D eigenvalue weighted by Gasteiger charge is 2.33. The molecule has 0 N–H and O–H groups in total. The van der Waals surface area contributed by atoms with E-state index < -0.39 is 10.0 Å². The summed E-state index contributed by atoms with van der Waals surface area (Å²) in [5, 5.41) is 1.79. The van der Waals surface area contributed by atoms with E-state index >= 15 is 0 Å². The Labute approximate surface area is 172 Å². The zero-order chi connectivity index (χ0) is 20.1. The van der Waals surface area contributed by atoms with Crippen LogP contribution in [0.2, 0.25) is 0 Å². The highest BCUT2D eigenvalue weighted by atomic mass is 32.2. The molecule has 0 aromatic carbocycles. The topological polar surface area (TPSA) is 70.2 Å². The molecule has 3 heterocycles. The van der Waals surface area contributed by atoms with E-state index in [-0.39, 0.29) is 11.9 Å². The zero-order valence-corrected chi connectivity index (χ0v) is 18.4. The van der Waals surface area contributed by atoms with Crippen molar-refractivity contribution in [1.82, 2.24) is 14.1 Å². The summed E-state index contributed by atoms with van der Waals surface area (Å²) >= 11 is 1.25. The van der Waals surface area contributed by atoms with Crippen molar-refractivity contribution in [2.75, 3.05) is 46.4 Å². The van der Waals surface area contributed by atoms with Crippen LogP contribution in [-0.2, 0) is 19.6 Å². The lowest BCUT2D eigenvalue weighted by Crippen LogP contribution is -2.55. The summed E-state index contributed by atoms with van der Waals surface area (Å²) in [6.07, 6.45) is 3.95. The Hall–Kier alpha value is -1.00. The van der Waals surface area contributed by atoms with E-state index in [1.54, 1.807) is 31.5 Å². The average Bonchev–Trinajstić information content (AvgIpc) is 3.25. The first kappa shape index (κ1) is 21.7. The third-order valence-corrected chi connectivity index (χ3v) is 9.03. The molecule has 158 valence electrons. The largest absolute Gasteiger partial charge is 0.381 e. The zero-order valence-electron chi connectivity index (χ0n) is 16.7. The Kier molecular flexibility index (Phi) is 7.49. The molecule has 2 aliphatic heterocycles. The van der Waals surface area contributed by atoms with Gasteiger partial charge in [-0.1, -0.05) is 6.07 Å². The lowest BCUT2D eigenvalue weighted by molar-refractivity contribution is -0.131. The van der Waals surface area contributed by atoms with Crippen molar-refractivity contribution in [3.8, 4) is 0 Å². The summed E-state index contributed by atoms with van der Waals surface area (Å²) in [4.78, 5) is 16.2. The van der Waals surface area contributed by atoms with Gasteiger partial charge in [0.2, 0.25) is 5.91 Å². The SMILES string of the molecule is CC(=O)N1CCCC(N(CCN(C)S(=O)(=O)c2cccs2)C2CCOCC2)C1. The Morgan fingerprint density at radius 3 is 2.64 bits per heavy atom. The Morgan fingerprint density at radius 1 is 1.25 bits per heavy atom. The Bertz CT molecular complexity index is 732. The molecule has 2 aliphatic rings. The number of ether oxygens (including phenoxy) is 1. The molecule has 0 spiro atoms. The van der Waals surface area contributed by atoms with Gasteiger partial charge in [0.25, 0.3) is 10.0 Å². The van der Waals surface area contributed by atoms with Crippen LogP contribution < -0.4 is 0 Å². The normalized spacial score (nSPS) is 22.1. The first-order chi connectivity index (χ1) is 13.4. The number of hydrogen-bond donors (Lipinski definition) is 0. The van der Waals surface area contributed by atoms with Crippen molar-refractivity contribution in [2.45, 2.75) is 48.9 Å². The van der Waals surface area contributed by atoms with Crippen molar-refractivity contribution >= 4 is 27.3 Å². The molecule has 1 aromatic heterocycles. The van der Waals surface area contributed by atoms with Crippen LogP contribution in [-0.4, -0.2) is 87.0 Å². The van der Waals surface area contributed by atoms with Crippen molar-refractivity contribution in [1.29, 1.82) is 0 Å². The smallest absolute Gasteiger partial charge is 0.252 e. The molecule has 0 bridgehead atoms. The van der Waals surface area contributed by atoms with Crippen molar-refractivity contribution in [3.63, 3.8) is 0 Å². The number of thiophene rings is 1. The van der Waals surface area contributed by atoms with Gasteiger partial charge in [0.1, 0.15) is 4.21 Å². The number of piperidine rings is 1. The van der Waals surface area contributed by atoms with Gasteiger partial charge < -0.3 is 9.64 Å². The van der Waals surface area contributed by atoms with Gasteiger partial charge in [-0.15, -0.1) is 11.3 Å². The van der Waals surface area contributed by atoms with E-state index in [0.717, 1.165) is 52.0 Å². The molecule has 3 rings (SSSR count). The molecular formula is C19H31N3O4S2. The van der Waals surface area contributed by atoms with Crippen LogP contribution in [0.15, 0.2) is 21.7 Å². The number of likely N-dealkylation sites (tertiary alicyclic amines) is 1. The van der Waals surface area contributed by atoms with Crippen LogP contribution in [0.4, 0.5) is 0 Å². The minimum Gasteiger partial charge on any atom is -0.381 e. The molecule has 28 heavy (non-hydrogen) atoms.